The van der Waals surface area contributed by atoms with Crippen molar-refractivity contribution in [2.24, 2.45) is 0 Å². The fraction of sp³-hybridized carbons (Fsp3) is 0.316. The van der Waals surface area contributed by atoms with Crippen LogP contribution in [-0.2, 0) is 27.8 Å². The maximum absolute atomic E-state index is 13.7. The Morgan fingerprint density at radius 3 is 2.65 bits per heavy atom. The Balaban J connectivity index is 1.78. The molecule has 0 spiro atoms. The summed E-state index contributed by atoms with van der Waals surface area (Å²) in [4.78, 5) is 13.5. The number of amides is 1. The first-order valence-electron chi connectivity index (χ1n) is 8.58. The summed E-state index contributed by atoms with van der Waals surface area (Å²) in [5.74, 6) is -0.661. The van der Waals surface area contributed by atoms with E-state index < -0.39 is 15.8 Å². The van der Waals surface area contributed by atoms with Crippen LogP contribution in [0.25, 0.3) is 0 Å². The van der Waals surface area contributed by atoms with Gasteiger partial charge in [-0.3, -0.25) is 4.79 Å². The summed E-state index contributed by atoms with van der Waals surface area (Å²) >= 11 is 0. The summed E-state index contributed by atoms with van der Waals surface area (Å²) in [7, 11) is -3.93. The first kappa shape index (κ1) is 18.5. The molecule has 1 amide bonds. The molecule has 5 nitrogen and oxygen atoms in total. The molecule has 7 heteroatoms. The summed E-state index contributed by atoms with van der Waals surface area (Å²) in [6, 6.07) is 10.8. The summed E-state index contributed by atoms with van der Waals surface area (Å²) < 4.78 is 40.8. The Morgan fingerprint density at radius 2 is 1.92 bits per heavy atom. The van der Waals surface area contributed by atoms with Crippen molar-refractivity contribution in [1.82, 2.24) is 4.72 Å². The van der Waals surface area contributed by atoms with E-state index in [0.29, 0.717) is 19.4 Å². The van der Waals surface area contributed by atoms with Crippen LogP contribution >= 0.6 is 0 Å². The summed E-state index contributed by atoms with van der Waals surface area (Å²) in [6.07, 6.45) is 1.97. The van der Waals surface area contributed by atoms with Crippen LogP contribution < -0.4 is 9.62 Å². The molecular weight excluding hydrogens is 355 g/mol. The fourth-order valence-corrected chi connectivity index (χ4v) is 4.21. The Morgan fingerprint density at radius 1 is 1.15 bits per heavy atom. The Bertz CT molecular complexity index is 928. The van der Waals surface area contributed by atoms with Crippen molar-refractivity contribution in [2.75, 3.05) is 11.4 Å². The van der Waals surface area contributed by atoms with Gasteiger partial charge in [-0.2, -0.15) is 0 Å². The van der Waals surface area contributed by atoms with Gasteiger partial charge in [-0.15, -0.1) is 0 Å². The van der Waals surface area contributed by atoms with Gasteiger partial charge in [0.2, 0.25) is 15.9 Å². The van der Waals surface area contributed by atoms with Crippen LogP contribution in [0.15, 0.2) is 47.4 Å². The van der Waals surface area contributed by atoms with Crippen molar-refractivity contribution >= 4 is 21.6 Å². The lowest BCUT2D eigenvalue weighted by Gasteiger charge is -2.29. The van der Waals surface area contributed by atoms with Crippen molar-refractivity contribution in [2.45, 2.75) is 37.6 Å². The van der Waals surface area contributed by atoms with Gasteiger partial charge < -0.3 is 4.90 Å². The lowest BCUT2D eigenvalue weighted by molar-refractivity contribution is -0.118. The van der Waals surface area contributed by atoms with Gasteiger partial charge in [-0.05, 0) is 42.2 Å². The van der Waals surface area contributed by atoms with Crippen LogP contribution in [-0.4, -0.2) is 20.9 Å². The summed E-state index contributed by atoms with van der Waals surface area (Å²) in [5.41, 5.74) is 2.69. The third kappa shape index (κ3) is 3.78. The van der Waals surface area contributed by atoms with Gasteiger partial charge in [0.05, 0.1) is 0 Å². The zero-order valence-electron chi connectivity index (χ0n) is 14.5. The quantitative estimate of drug-likeness (QED) is 0.843. The molecule has 2 aromatic rings. The molecule has 0 fully saturated rings. The molecular formula is C19H21FN2O3S. The highest BCUT2D eigenvalue weighted by Crippen LogP contribution is 2.29. The fourth-order valence-electron chi connectivity index (χ4n) is 3.11. The number of carbonyl (C=O) groups excluding carboxylic acids is 1. The second-order valence-electron chi connectivity index (χ2n) is 6.26. The second-order valence-corrected chi connectivity index (χ2v) is 8.00. The van der Waals surface area contributed by atoms with Crippen LogP contribution in [0.5, 0.6) is 0 Å². The maximum Gasteiger partial charge on any atom is 0.243 e. The largest absolute Gasteiger partial charge is 0.312 e. The molecule has 138 valence electrons. The smallest absolute Gasteiger partial charge is 0.243 e. The number of aryl methyl sites for hydroxylation is 1. The zero-order chi connectivity index (χ0) is 18.7. The molecule has 1 N–H and O–H groups in total. The molecule has 0 unspecified atom stereocenters. The molecule has 0 saturated carbocycles. The molecule has 0 saturated heterocycles. The van der Waals surface area contributed by atoms with Gasteiger partial charge in [0.25, 0.3) is 0 Å². The molecule has 1 heterocycles. The standard InChI is InChI=1S/C19H21FN2O3S/c1-2-11-22-17-9-7-14(12-15(17)8-10-19(22)23)13-21-26(24,25)18-6-4-3-5-16(18)20/h3-7,9,12,21H,2,8,10-11,13H2,1H3. The molecule has 26 heavy (non-hydrogen) atoms. The third-order valence-electron chi connectivity index (χ3n) is 4.38. The van der Waals surface area contributed by atoms with Crippen LogP contribution in [0.4, 0.5) is 10.1 Å². The summed E-state index contributed by atoms with van der Waals surface area (Å²) in [5, 5.41) is 0. The van der Waals surface area contributed by atoms with Gasteiger partial charge in [0.1, 0.15) is 10.7 Å². The lowest BCUT2D eigenvalue weighted by atomic mass is 9.98. The minimum Gasteiger partial charge on any atom is -0.312 e. The number of carbonyl (C=O) groups is 1. The van der Waals surface area contributed by atoms with E-state index in [9.17, 15) is 17.6 Å². The van der Waals surface area contributed by atoms with Crippen molar-refractivity contribution < 1.29 is 17.6 Å². The minimum atomic E-state index is -3.93. The van der Waals surface area contributed by atoms with E-state index in [2.05, 4.69) is 4.72 Å². The van der Waals surface area contributed by atoms with E-state index >= 15 is 0 Å². The topological polar surface area (TPSA) is 66.5 Å². The number of hydrogen-bond donors (Lipinski definition) is 1. The van der Waals surface area contributed by atoms with Crippen LogP contribution in [0.2, 0.25) is 0 Å². The predicted molar refractivity (Wildman–Crippen MR) is 97.8 cm³/mol. The van der Waals surface area contributed by atoms with Crippen molar-refractivity contribution in [1.29, 1.82) is 0 Å². The average Bonchev–Trinajstić information content (AvgIpc) is 2.63. The molecule has 2 aromatic carbocycles. The van der Waals surface area contributed by atoms with E-state index in [0.717, 1.165) is 29.3 Å². The second kappa shape index (κ2) is 7.55. The molecule has 0 bridgehead atoms. The number of nitrogens with zero attached hydrogens (tertiary/aromatic N) is 1. The van der Waals surface area contributed by atoms with Gasteiger partial charge in [0, 0.05) is 25.2 Å². The van der Waals surface area contributed by atoms with E-state index in [1.807, 2.05) is 19.1 Å². The molecule has 0 radical (unpaired) electrons. The Hall–Kier alpha value is -2.25. The SMILES string of the molecule is CCCN1C(=O)CCc2cc(CNS(=O)(=O)c3ccccc3F)ccc21. The number of halogens is 1. The van der Waals surface area contributed by atoms with E-state index in [-0.39, 0.29) is 17.3 Å². The predicted octanol–water partition coefficient (Wildman–Crippen LogP) is 2.99. The molecule has 0 atom stereocenters. The number of hydrogen-bond acceptors (Lipinski definition) is 3. The van der Waals surface area contributed by atoms with Crippen LogP contribution in [0.1, 0.15) is 30.9 Å². The zero-order valence-corrected chi connectivity index (χ0v) is 15.4. The highest BCUT2D eigenvalue weighted by molar-refractivity contribution is 7.89. The number of fused-ring (bicyclic) bond motifs is 1. The van der Waals surface area contributed by atoms with E-state index in [1.54, 1.807) is 11.0 Å². The average molecular weight is 376 g/mol. The molecule has 3 rings (SSSR count). The van der Waals surface area contributed by atoms with Gasteiger partial charge >= 0.3 is 0 Å². The Labute approximate surface area is 152 Å². The monoisotopic (exact) mass is 376 g/mol. The van der Waals surface area contributed by atoms with E-state index in [1.165, 1.54) is 18.2 Å². The van der Waals surface area contributed by atoms with Gasteiger partial charge in [-0.1, -0.05) is 31.2 Å². The number of rotatable bonds is 6. The first-order valence-corrected chi connectivity index (χ1v) is 10.1. The molecule has 1 aliphatic rings. The van der Waals surface area contributed by atoms with Gasteiger partial charge in [-0.25, -0.2) is 17.5 Å². The number of benzene rings is 2. The number of sulfonamides is 1. The van der Waals surface area contributed by atoms with Crippen LogP contribution in [0, 0.1) is 5.82 Å². The molecule has 0 aromatic heterocycles. The van der Waals surface area contributed by atoms with Crippen molar-refractivity contribution in [3.05, 3.63) is 59.4 Å². The third-order valence-corrected chi connectivity index (χ3v) is 5.82. The first-order chi connectivity index (χ1) is 12.4. The normalized spacial score (nSPS) is 14.4. The Kier molecular flexibility index (Phi) is 5.38. The van der Waals surface area contributed by atoms with Gasteiger partial charge in [0.15, 0.2) is 0 Å². The molecule has 0 aliphatic carbocycles. The minimum absolute atomic E-state index is 0.0612. The van der Waals surface area contributed by atoms with Crippen molar-refractivity contribution in [3.63, 3.8) is 0 Å². The maximum atomic E-state index is 13.7. The van der Waals surface area contributed by atoms with E-state index in [4.69, 9.17) is 0 Å². The lowest BCUT2D eigenvalue weighted by Crippen LogP contribution is -2.35. The van der Waals surface area contributed by atoms with Crippen LogP contribution in [0.3, 0.4) is 0 Å². The highest BCUT2D eigenvalue weighted by Gasteiger charge is 2.24. The number of anilines is 1. The summed E-state index contributed by atoms with van der Waals surface area (Å²) in [6.45, 7) is 2.75. The van der Waals surface area contributed by atoms with Crippen molar-refractivity contribution in [3.8, 4) is 0 Å². The number of nitrogens with one attached hydrogen (secondary N) is 1. The highest BCUT2D eigenvalue weighted by atomic mass is 32.2. The molecule has 1 aliphatic heterocycles.